The first-order chi connectivity index (χ1) is 9.15. The van der Waals surface area contributed by atoms with Crippen molar-refractivity contribution in [3.05, 3.63) is 41.7 Å². The summed E-state index contributed by atoms with van der Waals surface area (Å²) < 4.78 is 13.8. The Morgan fingerprint density at radius 2 is 2.05 bits per heavy atom. The van der Waals surface area contributed by atoms with Crippen molar-refractivity contribution >= 4 is 5.69 Å². The number of nitrogens with one attached hydrogen (secondary N) is 1. The second kappa shape index (κ2) is 6.43. The van der Waals surface area contributed by atoms with Crippen molar-refractivity contribution in [2.75, 3.05) is 25.1 Å². The molecule has 0 amide bonds. The fraction of sp³-hybridized carbons (Fsp3) is 0.429. The lowest BCUT2D eigenvalue weighted by Gasteiger charge is -2.17. The molecular weight excluding hydrogens is 245 g/mol. The third kappa shape index (κ3) is 4.13. The first-order valence-electron chi connectivity index (χ1n) is 6.46. The Labute approximate surface area is 113 Å². The van der Waals surface area contributed by atoms with E-state index in [1.54, 1.807) is 12.1 Å². The van der Waals surface area contributed by atoms with Crippen LogP contribution < -0.4 is 10.6 Å². The van der Waals surface area contributed by atoms with Crippen LogP contribution in [0.3, 0.4) is 0 Å². The van der Waals surface area contributed by atoms with Gasteiger partial charge in [-0.05, 0) is 43.5 Å². The van der Waals surface area contributed by atoms with Gasteiger partial charge >= 0.3 is 0 Å². The molecule has 0 unspecified atom stereocenters. The molecule has 0 spiro atoms. The molecule has 0 aliphatic carbocycles. The third-order valence-corrected chi connectivity index (χ3v) is 2.90. The van der Waals surface area contributed by atoms with E-state index in [1.165, 1.54) is 0 Å². The Bertz CT molecular complexity index is 430. The van der Waals surface area contributed by atoms with Crippen LogP contribution in [-0.2, 0) is 4.84 Å². The molecule has 1 aromatic carbocycles. The average molecular weight is 265 g/mol. The first kappa shape index (κ1) is 13.7. The number of halogens is 1. The van der Waals surface area contributed by atoms with Crippen LogP contribution in [0.5, 0.6) is 0 Å². The molecule has 19 heavy (non-hydrogen) atoms. The van der Waals surface area contributed by atoms with E-state index in [2.05, 4.69) is 10.2 Å². The van der Waals surface area contributed by atoms with Gasteiger partial charge in [-0.3, -0.25) is 0 Å². The molecular formula is C14H20FN3O. The van der Waals surface area contributed by atoms with Crippen LogP contribution in [0, 0.1) is 13.8 Å². The molecule has 0 atom stereocenters. The fourth-order valence-electron chi connectivity index (χ4n) is 2.07. The predicted octanol–water partition coefficient (Wildman–Crippen LogP) is 2.65. The first-order valence-corrected chi connectivity index (χ1v) is 6.46. The Balaban J connectivity index is 1.74. The second-order valence-corrected chi connectivity index (χ2v) is 4.77. The van der Waals surface area contributed by atoms with E-state index < -0.39 is 0 Å². The van der Waals surface area contributed by atoms with E-state index in [9.17, 15) is 4.48 Å². The molecule has 104 valence electrons. The summed E-state index contributed by atoms with van der Waals surface area (Å²) in [6.07, 6.45) is 4.66. The van der Waals surface area contributed by atoms with Crippen LogP contribution >= 0.6 is 0 Å². The minimum absolute atomic E-state index is 0.355. The van der Waals surface area contributed by atoms with Gasteiger partial charge in [-0.2, -0.15) is 0 Å². The normalized spacial score (nSPS) is 13.7. The van der Waals surface area contributed by atoms with Crippen molar-refractivity contribution < 1.29 is 9.32 Å². The van der Waals surface area contributed by atoms with Gasteiger partial charge in [-0.1, -0.05) is 15.8 Å². The van der Waals surface area contributed by atoms with Gasteiger partial charge in [0.05, 0.1) is 13.3 Å². The Kier molecular flexibility index (Phi) is 4.63. The van der Waals surface area contributed by atoms with Crippen LogP contribution in [0.1, 0.15) is 17.5 Å². The smallest absolute Gasteiger partial charge is 0.100 e. The maximum absolute atomic E-state index is 13.8. The van der Waals surface area contributed by atoms with Crippen LogP contribution in [0.25, 0.3) is 0 Å². The zero-order chi connectivity index (χ0) is 13.7. The molecule has 1 heterocycles. The van der Waals surface area contributed by atoms with Gasteiger partial charge in [0.1, 0.15) is 5.69 Å². The van der Waals surface area contributed by atoms with Gasteiger partial charge in [0, 0.05) is 18.9 Å². The molecule has 2 rings (SSSR count). The monoisotopic (exact) mass is 265 g/mol. The summed E-state index contributed by atoms with van der Waals surface area (Å²) in [5.41, 5.74) is 2.49. The molecule has 0 aromatic heterocycles. The highest BCUT2D eigenvalue weighted by Gasteiger charge is 2.08. The molecule has 1 aromatic rings. The maximum atomic E-state index is 13.8. The number of rotatable bonds is 6. The van der Waals surface area contributed by atoms with Crippen molar-refractivity contribution in [2.24, 2.45) is 0 Å². The summed E-state index contributed by atoms with van der Waals surface area (Å²) in [5.74, 6) is 0. The lowest BCUT2D eigenvalue weighted by Crippen LogP contribution is -2.23. The zero-order valence-corrected chi connectivity index (χ0v) is 11.4. The van der Waals surface area contributed by atoms with Crippen LogP contribution in [0.2, 0.25) is 0 Å². The molecule has 1 N–H and O–H groups in total. The summed E-state index contributed by atoms with van der Waals surface area (Å²) in [5, 5.41) is 3.44. The lowest BCUT2D eigenvalue weighted by molar-refractivity contribution is 0.0160. The number of anilines is 1. The summed E-state index contributed by atoms with van der Waals surface area (Å²) >= 11 is 0. The lowest BCUT2D eigenvalue weighted by atomic mass is 10.1. The van der Waals surface area contributed by atoms with Crippen molar-refractivity contribution in [1.29, 1.82) is 0 Å². The molecule has 5 heteroatoms. The summed E-state index contributed by atoms with van der Waals surface area (Å²) in [6, 6.07) is 5.53. The topological polar surface area (TPSA) is 27.7 Å². The minimum Gasteiger partial charge on any atom is -0.373 e. The molecule has 1 aliphatic rings. The van der Waals surface area contributed by atoms with Gasteiger partial charge in [0.2, 0.25) is 0 Å². The summed E-state index contributed by atoms with van der Waals surface area (Å²) in [6.45, 7) is 5.91. The highest BCUT2D eigenvalue weighted by atomic mass is 19.2. The second-order valence-electron chi connectivity index (χ2n) is 4.77. The van der Waals surface area contributed by atoms with Gasteiger partial charge < -0.3 is 10.2 Å². The molecule has 0 fully saturated rings. The predicted molar refractivity (Wildman–Crippen MR) is 73.9 cm³/mol. The zero-order valence-electron chi connectivity index (χ0n) is 11.4. The van der Waals surface area contributed by atoms with E-state index in [0.29, 0.717) is 17.6 Å². The summed E-state index contributed by atoms with van der Waals surface area (Å²) in [4.78, 5) is 7.21. The van der Waals surface area contributed by atoms with E-state index in [1.807, 2.05) is 32.3 Å². The van der Waals surface area contributed by atoms with Crippen molar-refractivity contribution in [3.63, 3.8) is 0 Å². The van der Waals surface area contributed by atoms with E-state index >= 15 is 0 Å². The molecule has 1 aliphatic heterocycles. The standard InChI is InChI=1S/C14H20FN3O/c1-12-8-13(2)10-14(9-12)18(15)19-7-3-5-17-6-4-16-11-17/h4,6,8-10,16H,3,5,7,11H2,1-2H3. The molecule has 0 saturated carbocycles. The molecule has 4 nitrogen and oxygen atoms in total. The van der Waals surface area contributed by atoms with Crippen LogP contribution in [0.4, 0.5) is 10.2 Å². The number of hydrogen-bond donors (Lipinski definition) is 1. The number of nitrogens with zero attached hydrogens (tertiary/aromatic N) is 2. The highest BCUT2D eigenvalue weighted by Crippen LogP contribution is 2.19. The van der Waals surface area contributed by atoms with Gasteiger partial charge in [-0.15, -0.1) is 0 Å². The largest absolute Gasteiger partial charge is 0.373 e. The Morgan fingerprint density at radius 1 is 1.32 bits per heavy atom. The molecule has 0 bridgehead atoms. The summed E-state index contributed by atoms with van der Waals surface area (Å²) in [7, 11) is 0. The quantitative estimate of drug-likeness (QED) is 0.486. The number of benzene rings is 1. The van der Waals surface area contributed by atoms with E-state index in [4.69, 9.17) is 4.84 Å². The van der Waals surface area contributed by atoms with E-state index in [-0.39, 0.29) is 0 Å². The number of hydrogen-bond acceptors (Lipinski definition) is 4. The minimum atomic E-state index is 0.355. The highest BCUT2D eigenvalue weighted by molar-refractivity contribution is 5.47. The third-order valence-electron chi connectivity index (χ3n) is 2.90. The number of aryl methyl sites for hydroxylation is 2. The van der Waals surface area contributed by atoms with Crippen LogP contribution in [0.15, 0.2) is 30.6 Å². The van der Waals surface area contributed by atoms with Gasteiger partial charge in [0.15, 0.2) is 0 Å². The van der Waals surface area contributed by atoms with Crippen molar-refractivity contribution in [2.45, 2.75) is 20.3 Å². The van der Waals surface area contributed by atoms with Crippen molar-refractivity contribution in [3.8, 4) is 0 Å². The van der Waals surface area contributed by atoms with Crippen molar-refractivity contribution in [1.82, 2.24) is 10.2 Å². The molecule has 0 radical (unpaired) electrons. The Hall–Kier alpha value is -1.75. The van der Waals surface area contributed by atoms with Crippen LogP contribution in [-0.4, -0.2) is 24.7 Å². The molecule has 0 saturated heterocycles. The average Bonchev–Trinajstić information content (AvgIpc) is 2.86. The Morgan fingerprint density at radius 3 is 2.68 bits per heavy atom. The van der Waals surface area contributed by atoms with E-state index in [0.717, 1.165) is 30.8 Å². The SMILES string of the molecule is Cc1cc(C)cc(N(F)OCCCN2C=CNC2)c1. The fourth-order valence-corrected chi connectivity index (χ4v) is 2.07. The van der Waals surface area contributed by atoms with Gasteiger partial charge in [-0.25, -0.2) is 4.84 Å². The van der Waals surface area contributed by atoms with Gasteiger partial charge in [0.25, 0.3) is 0 Å². The maximum Gasteiger partial charge on any atom is 0.100 e.